The molecule has 1 aromatic carbocycles. The number of carbonyl (C=O) groups is 2. The first-order valence-electron chi connectivity index (χ1n) is 10.8. The van der Waals surface area contributed by atoms with Crippen LogP contribution in [0.5, 0.6) is 5.75 Å². The van der Waals surface area contributed by atoms with E-state index in [4.69, 9.17) is 9.47 Å². The number of rotatable bonds is 7. The summed E-state index contributed by atoms with van der Waals surface area (Å²) in [6.45, 7) is 6.33. The lowest BCUT2D eigenvalue weighted by Crippen LogP contribution is -2.38. The quantitative estimate of drug-likeness (QED) is 0.392. The molecular formula is C24H28N2O5S. The third kappa shape index (κ3) is 4.44. The lowest BCUT2D eigenvalue weighted by Gasteiger charge is -2.28. The number of aliphatic hydroxyl groups is 1. The molecule has 0 saturated carbocycles. The van der Waals surface area contributed by atoms with Crippen LogP contribution in [0.2, 0.25) is 0 Å². The second-order valence-electron chi connectivity index (χ2n) is 8.00. The smallest absolute Gasteiger partial charge is 0.295 e. The molecule has 3 heterocycles. The Morgan fingerprint density at radius 3 is 2.66 bits per heavy atom. The molecule has 7 nitrogen and oxygen atoms in total. The summed E-state index contributed by atoms with van der Waals surface area (Å²) in [5.74, 6) is -0.671. The van der Waals surface area contributed by atoms with Crippen molar-refractivity contribution in [1.82, 2.24) is 9.80 Å². The molecular weight excluding hydrogens is 428 g/mol. The summed E-state index contributed by atoms with van der Waals surface area (Å²) in [7, 11) is 1.58. The van der Waals surface area contributed by atoms with Gasteiger partial charge in [0.2, 0.25) is 0 Å². The van der Waals surface area contributed by atoms with Gasteiger partial charge in [-0.1, -0.05) is 6.07 Å². The Kier molecular flexibility index (Phi) is 6.93. The standard InChI is InChI=1S/C24H28N2O5S/c1-16-15-17(30-2)6-7-18(16)22(27)20-21(19-5-3-14-32-19)26(24(29)23(20)28)9-4-8-25-10-12-31-13-11-25/h3,5-7,14-15,21,27H,4,8-13H2,1-2H3/b22-20+/t21-/m1/s1. The fourth-order valence-corrected chi connectivity index (χ4v) is 5.16. The molecule has 2 aromatic rings. The van der Waals surface area contributed by atoms with Gasteiger partial charge >= 0.3 is 0 Å². The van der Waals surface area contributed by atoms with Crippen LogP contribution in [-0.4, -0.2) is 73.1 Å². The van der Waals surface area contributed by atoms with Gasteiger partial charge in [-0.15, -0.1) is 11.3 Å². The van der Waals surface area contributed by atoms with Crippen molar-refractivity contribution in [3.8, 4) is 5.75 Å². The SMILES string of the molecule is COc1ccc(/C(O)=C2\C(=O)C(=O)N(CCCN3CCOCC3)[C@@H]2c2cccs2)c(C)c1. The molecule has 1 N–H and O–H groups in total. The van der Waals surface area contributed by atoms with Crippen LogP contribution in [-0.2, 0) is 14.3 Å². The Hall–Kier alpha value is -2.68. The van der Waals surface area contributed by atoms with Gasteiger partial charge < -0.3 is 19.5 Å². The fourth-order valence-electron chi connectivity index (χ4n) is 4.32. The number of Topliss-reactive ketones (excluding diaryl/α,β-unsaturated/α-hetero) is 1. The van der Waals surface area contributed by atoms with Gasteiger partial charge in [0.15, 0.2) is 0 Å². The molecule has 0 radical (unpaired) electrons. The topological polar surface area (TPSA) is 79.3 Å². The molecule has 2 fully saturated rings. The van der Waals surface area contributed by atoms with Gasteiger partial charge in [-0.2, -0.15) is 0 Å². The van der Waals surface area contributed by atoms with Crippen molar-refractivity contribution in [3.63, 3.8) is 0 Å². The number of ether oxygens (including phenoxy) is 2. The minimum atomic E-state index is -0.637. The average molecular weight is 457 g/mol. The number of benzene rings is 1. The lowest BCUT2D eigenvalue weighted by molar-refractivity contribution is -0.140. The second-order valence-corrected chi connectivity index (χ2v) is 8.98. The summed E-state index contributed by atoms with van der Waals surface area (Å²) in [4.78, 5) is 30.9. The highest BCUT2D eigenvalue weighted by Crippen LogP contribution is 2.41. The fraction of sp³-hybridized carbons (Fsp3) is 0.417. The van der Waals surface area contributed by atoms with Crippen molar-refractivity contribution in [2.45, 2.75) is 19.4 Å². The number of morpholine rings is 1. The van der Waals surface area contributed by atoms with E-state index in [0.717, 1.165) is 49.7 Å². The number of amides is 1. The summed E-state index contributed by atoms with van der Waals surface area (Å²) < 4.78 is 10.6. The molecule has 2 aliphatic rings. The Morgan fingerprint density at radius 2 is 2.00 bits per heavy atom. The van der Waals surface area contributed by atoms with Crippen LogP contribution in [0, 0.1) is 6.92 Å². The van der Waals surface area contributed by atoms with Gasteiger partial charge in [0.1, 0.15) is 11.5 Å². The normalized spacial score (nSPS) is 21.3. The molecule has 0 bridgehead atoms. The Labute approximate surface area is 191 Å². The molecule has 2 aliphatic heterocycles. The largest absolute Gasteiger partial charge is 0.507 e. The van der Waals surface area contributed by atoms with Crippen LogP contribution in [0.1, 0.15) is 28.5 Å². The number of thiophene rings is 1. The number of ketones is 1. The summed E-state index contributed by atoms with van der Waals surface area (Å²) in [6, 6.07) is 8.48. The zero-order valence-corrected chi connectivity index (χ0v) is 19.2. The van der Waals surface area contributed by atoms with E-state index in [1.54, 1.807) is 30.2 Å². The molecule has 0 unspecified atom stereocenters. The van der Waals surface area contributed by atoms with Crippen LogP contribution in [0.3, 0.4) is 0 Å². The van der Waals surface area contributed by atoms with E-state index in [0.29, 0.717) is 17.9 Å². The highest BCUT2D eigenvalue weighted by Gasteiger charge is 2.46. The molecule has 1 amide bonds. The van der Waals surface area contributed by atoms with Gasteiger partial charge in [-0.3, -0.25) is 14.5 Å². The summed E-state index contributed by atoms with van der Waals surface area (Å²) >= 11 is 1.48. The first-order chi connectivity index (χ1) is 15.5. The number of methoxy groups -OCH3 is 1. The number of aryl methyl sites for hydroxylation is 1. The Balaban J connectivity index is 1.64. The van der Waals surface area contributed by atoms with Crippen LogP contribution < -0.4 is 4.74 Å². The molecule has 2 saturated heterocycles. The second kappa shape index (κ2) is 9.85. The predicted molar refractivity (Wildman–Crippen MR) is 123 cm³/mol. The number of nitrogens with zero attached hydrogens (tertiary/aromatic N) is 2. The first-order valence-corrected chi connectivity index (χ1v) is 11.7. The van der Waals surface area contributed by atoms with Gasteiger partial charge in [-0.25, -0.2) is 0 Å². The number of likely N-dealkylation sites (tertiary alicyclic amines) is 1. The van der Waals surface area contributed by atoms with Crippen LogP contribution in [0.15, 0.2) is 41.3 Å². The third-order valence-corrected chi connectivity index (χ3v) is 6.94. The van der Waals surface area contributed by atoms with E-state index in [2.05, 4.69) is 4.90 Å². The zero-order valence-electron chi connectivity index (χ0n) is 18.4. The molecule has 8 heteroatoms. The minimum absolute atomic E-state index is 0.141. The molecule has 170 valence electrons. The number of aliphatic hydroxyl groups excluding tert-OH is 1. The van der Waals surface area contributed by atoms with E-state index >= 15 is 0 Å². The van der Waals surface area contributed by atoms with Crippen LogP contribution in [0.4, 0.5) is 0 Å². The average Bonchev–Trinajstić information content (AvgIpc) is 3.42. The van der Waals surface area contributed by atoms with E-state index in [9.17, 15) is 14.7 Å². The van der Waals surface area contributed by atoms with Crippen molar-refractivity contribution >= 4 is 28.8 Å². The highest BCUT2D eigenvalue weighted by molar-refractivity contribution is 7.10. The summed E-state index contributed by atoms with van der Waals surface area (Å²) in [6.07, 6.45) is 0.747. The summed E-state index contributed by atoms with van der Waals surface area (Å²) in [5.41, 5.74) is 1.45. The van der Waals surface area contributed by atoms with Gasteiger partial charge in [0, 0.05) is 36.6 Å². The zero-order chi connectivity index (χ0) is 22.7. The van der Waals surface area contributed by atoms with Crippen molar-refractivity contribution < 1.29 is 24.2 Å². The van der Waals surface area contributed by atoms with Gasteiger partial charge in [-0.05, 0) is 48.6 Å². The molecule has 1 aromatic heterocycles. The van der Waals surface area contributed by atoms with E-state index in [1.165, 1.54) is 11.3 Å². The molecule has 1 atom stereocenters. The van der Waals surface area contributed by atoms with Crippen molar-refractivity contribution in [3.05, 3.63) is 57.3 Å². The predicted octanol–water partition coefficient (Wildman–Crippen LogP) is 3.21. The van der Waals surface area contributed by atoms with Gasteiger partial charge in [0.05, 0.1) is 31.9 Å². The molecule has 4 rings (SSSR count). The Bertz CT molecular complexity index is 1010. The van der Waals surface area contributed by atoms with E-state index in [-0.39, 0.29) is 11.3 Å². The molecule has 32 heavy (non-hydrogen) atoms. The van der Waals surface area contributed by atoms with Crippen molar-refractivity contribution in [1.29, 1.82) is 0 Å². The van der Waals surface area contributed by atoms with E-state index in [1.807, 2.05) is 24.4 Å². The number of hydrogen-bond donors (Lipinski definition) is 1. The third-order valence-electron chi connectivity index (χ3n) is 6.02. The number of carbonyl (C=O) groups excluding carboxylic acids is 2. The minimum Gasteiger partial charge on any atom is -0.507 e. The van der Waals surface area contributed by atoms with Gasteiger partial charge in [0.25, 0.3) is 11.7 Å². The molecule has 0 spiro atoms. The lowest BCUT2D eigenvalue weighted by atomic mass is 9.97. The first kappa shape index (κ1) is 22.5. The van der Waals surface area contributed by atoms with Crippen molar-refractivity contribution in [2.24, 2.45) is 0 Å². The van der Waals surface area contributed by atoms with Crippen LogP contribution >= 0.6 is 11.3 Å². The monoisotopic (exact) mass is 456 g/mol. The number of hydrogen-bond acceptors (Lipinski definition) is 7. The van der Waals surface area contributed by atoms with Crippen LogP contribution in [0.25, 0.3) is 5.76 Å². The maximum atomic E-state index is 13.1. The maximum absolute atomic E-state index is 13.1. The molecule has 0 aliphatic carbocycles. The maximum Gasteiger partial charge on any atom is 0.295 e. The Morgan fingerprint density at radius 1 is 1.22 bits per heavy atom. The highest BCUT2D eigenvalue weighted by atomic mass is 32.1. The summed E-state index contributed by atoms with van der Waals surface area (Å²) in [5, 5.41) is 13.1. The van der Waals surface area contributed by atoms with E-state index < -0.39 is 17.7 Å². The van der Waals surface area contributed by atoms with Crippen molar-refractivity contribution in [2.75, 3.05) is 46.5 Å².